The minimum absolute atomic E-state index is 0.338. The first-order chi connectivity index (χ1) is 5.05. The average molecular weight is 173 g/mol. The van der Waals surface area contributed by atoms with Gasteiger partial charge in [0.2, 0.25) is 0 Å². The summed E-state index contributed by atoms with van der Waals surface area (Å²) in [6.45, 7) is 3.35. The van der Waals surface area contributed by atoms with Gasteiger partial charge in [-0.05, 0) is 13.8 Å². The van der Waals surface area contributed by atoms with Crippen molar-refractivity contribution in [3.8, 4) is 0 Å². The average Bonchev–Trinajstić information content (AvgIpc) is 2.37. The predicted molar refractivity (Wildman–Crippen MR) is 45.2 cm³/mol. The topological polar surface area (TPSA) is 46.5 Å². The number of allylic oxidation sites excluding steroid dienone is 1. The highest BCUT2D eigenvalue weighted by atomic mass is 32.2. The van der Waals surface area contributed by atoms with E-state index in [4.69, 9.17) is 0 Å². The Kier molecular flexibility index (Phi) is 2.13. The second-order valence-electron chi connectivity index (χ2n) is 2.72. The van der Waals surface area contributed by atoms with Crippen LogP contribution >= 0.6 is 0 Å². The van der Waals surface area contributed by atoms with Crippen molar-refractivity contribution in [3.05, 3.63) is 11.1 Å². The van der Waals surface area contributed by atoms with Crippen LogP contribution in [0.1, 0.15) is 20.3 Å². The molecule has 0 aromatic rings. The van der Waals surface area contributed by atoms with Gasteiger partial charge in [-0.15, -0.1) is 0 Å². The van der Waals surface area contributed by atoms with Gasteiger partial charge in [0.25, 0.3) is 0 Å². The lowest BCUT2D eigenvalue weighted by atomic mass is 10.5. The fraction of sp³-hybridized carbons (Fsp3) is 0.571. The van der Waals surface area contributed by atoms with E-state index >= 15 is 0 Å². The van der Waals surface area contributed by atoms with E-state index in [1.165, 1.54) is 6.20 Å². The molecule has 0 aromatic heterocycles. The van der Waals surface area contributed by atoms with E-state index in [1.807, 2.05) is 0 Å². The van der Waals surface area contributed by atoms with Gasteiger partial charge in [-0.2, -0.15) is 0 Å². The van der Waals surface area contributed by atoms with Crippen LogP contribution in [0.25, 0.3) is 0 Å². The summed E-state index contributed by atoms with van der Waals surface area (Å²) in [5, 5.41) is -0.338. The molecule has 3 nitrogen and oxygen atoms in total. The standard InChI is InChI=1S/C7H11NO2S/c1-6(2)11(9,10)7-3-4-8-5-7/h4-6H,3H2,1-2H3. The number of nitrogens with zero attached hydrogens (tertiary/aromatic N) is 1. The summed E-state index contributed by atoms with van der Waals surface area (Å²) in [7, 11) is -3.04. The fourth-order valence-electron chi connectivity index (χ4n) is 0.824. The number of sulfone groups is 1. The molecule has 62 valence electrons. The van der Waals surface area contributed by atoms with Gasteiger partial charge in [0.05, 0.1) is 10.2 Å². The second kappa shape index (κ2) is 2.77. The third-order valence-corrected chi connectivity index (χ3v) is 3.85. The maximum absolute atomic E-state index is 11.4. The monoisotopic (exact) mass is 173 g/mol. The van der Waals surface area contributed by atoms with Gasteiger partial charge in [0.15, 0.2) is 9.84 Å². The molecule has 0 bridgehead atoms. The van der Waals surface area contributed by atoms with Gasteiger partial charge >= 0.3 is 0 Å². The summed E-state index contributed by atoms with van der Waals surface area (Å²) >= 11 is 0. The third-order valence-electron chi connectivity index (χ3n) is 1.60. The Bertz CT molecular complexity index is 298. The lowest BCUT2D eigenvalue weighted by molar-refractivity contribution is 0.593. The molecular formula is C7H11NO2S. The van der Waals surface area contributed by atoms with E-state index in [2.05, 4.69) is 4.99 Å². The number of rotatable bonds is 2. The second-order valence-corrected chi connectivity index (χ2v) is 5.28. The molecular weight excluding hydrogens is 162 g/mol. The van der Waals surface area contributed by atoms with Crippen LogP contribution in [-0.2, 0) is 9.84 Å². The minimum Gasteiger partial charge on any atom is -0.268 e. The van der Waals surface area contributed by atoms with Crippen LogP contribution < -0.4 is 0 Å². The summed E-state index contributed by atoms with van der Waals surface area (Å²) < 4.78 is 22.8. The first kappa shape index (κ1) is 8.46. The molecule has 0 radical (unpaired) electrons. The molecule has 1 rings (SSSR count). The summed E-state index contributed by atoms with van der Waals surface area (Å²) in [5.41, 5.74) is 0. The zero-order chi connectivity index (χ0) is 8.48. The molecule has 1 heterocycles. The first-order valence-corrected chi connectivity index (χ1v) is 5.04. The maximum atomic E-state index is 11.4. The summed E-state index contributed by atoms with van der Waals surface area (Å²) in [6.07, 6.45) is 3.49. The highest BCUT2D eigenvalue weighted by Gasteiger charge is 2.22. The van der Waals surface area contributed by atoms with Crippen molar-refractivity contribution in [2.75, 3.05) is 0 Å². The first-order valence-electron chi connectivity index (χ1n) is 3.49. The van der Waals surface area contributed by atoms with Crippen LogP contribution in [0.15, 0.2) is 16.1 Å². The predicted octanol–water partition coefficient (Wildman–Crippen LogP) is 1.13. The van der Waals surface area contributed by atoms with Crippen molar-refractivity contribution in [1.29, 1.82) is 0 Å². The summed E-state index contributed by atoms with van der Waals surface area (Å²) in [5.74, 6) is 0. The molecule has 0 aliphatic carbocycles. The lowest BCUT2D eigenvalue weighted by Crippen LogP contribution is -2.15. The molecule has 1 aliphatic rings. The van der Waals surface area contributed by atoms with Crippen molar-refractivity contribution in [1.82, 2.24) is 0 Å². The van der Waals surface area contributed by atoms with E-state index in [0.717, 1.165) is 0 Å². The molecule has 4 heteroatoms. The third kappa shape index (κ3) is 1.50. The van der Waals surface area contributed by atoms with Crippen LogP contribution in [-0.4, -0.2) is 19.9 Å². The fourth-order valence-corrected chi connectivity index (χ4v) is 1.94. The van der Waals surface area contributed by atoms with Crippen molar-refractivity contribution < 1.29 is 8.42 Å². The zero-order valence-corrected chi connectivity index (χ0v) is 7.43. The smallest absolute Gasteiger partial charge is 0.178 e. The SMILES string of the molecule is CC(C)S(=O)(=O)C1=CN=CC1. The summed E-state index contributed by atoms with van der Waals surface area (Å²) in [6, 6.07) is 0. The minimum atomic E-state index is -3.04. The Morgan fingerprint density at radius 2 is 2.18 bits per heavy atom. The van der Waals surface area contributed by atoms with E-state index < -0.39 is 9.84 Å². The largest absolute Gasteiger partial charge is 0.268 e. The van der Waals surface area contributed by atoms with Crippen molar-refractivity contribution >= 4 is 16.1 Å². The molecule has 1 aliphatic heterocycles. The van der Waals surface area contributed by atoms with Gasteiger partial charge < -0.3 is 0 Å². The normalized spacial score (nSPS) is 17.5. The Labute approximate surface area is 66.8 Å². The molecule has 0 fully saturated rings. The quantitative estimate of drug-likeness (QED) is 0.628. The Hall–Kier alpha value is -0.640. The number of hydrogen-bond acceptors (Lipinski definition) is 3. The van der Waals surface area contributed by atoms with E-state index in [9.17, 15) is 8.42 Å². The lowest BCUT2D eigenvalue weighted by Gasteiger charge is -2.06. The van der Waals surface area contributed by atoms with Crippen molar-refractivity contribution in [3.63, 3.8) is 0 Å². The molecule has 0 amide bonds. The molecule has 0 aromatic carbocycles. The molecule has 0 unspecified atom stereocenters. The van der Waals surface area contributed by atoms with Crippen molar-refractivity contribution in [2.24, 2.45) is 4.99 Å². The van der Waals surface area contributed by atoms with Crippen LogP contribution in [0.2, 0.25) is 0 Å². The van der Waals surface area contributed by atoms with Crippen LogP contribution in [0, 0.1) is 0 Å². The van der Waals surface area contributed by atoms with E-state index in [0.29, 0.717) is 11.3 Å². The molecule has 11 heavy (non-hydrogen) atoms. The highest BCUT2D eigenvalue weighted by molar-refractivity contribution is 7.95. The molecule has 0 spiro atoms. The van der Waals surface area contributed by atoms with Crippen molar-refractivity contribution in [2.45, 2.75) is 25.5 Å². The van der Waals surface area contributed by atoms with E-state index in [1.54, 1.807) is 20.1 Å². The molecule has 0 N–H and O–H groups in total. The van der Waals surface area contributed by atoms with Crippen LogP contribution in [0.3, 0.4) is 0 Å². The Balaban J connectivity index is 2.92. The maximum Gasteiger partial charge on any atom is 0.178 e. The molecule has 0 saturated carbocycles. The molecule has 0 saturated heterocycles. The zero-order valence-electron chi connectivity index (χ0n) is 6.61. The molecule has 0 atom stereocenters. The van der Waals surface area contributed by atoms with Crippen LogP contribution in [0.4, 0.5) is 0 Å². The highest BCUT2D eigenvalue weighted by Crippen LogP contribution is 2.18. The van der Waals surface area contributed by atoms with Gasteiger partial charge in [-0.1, -0.05) is 0 Å². The number of aliphatic imine (C=N–C) groups is 1. The van der Waals surface area contributed by atoms with Gasteiger partial charge in [0.1, 0.15) is 0 Å². The van der Waals surface area contributed by atoms with E-state index in [-0.39, 0.29) is 5.25 Å². The Morgan fingerprint density at radius 1 is 1.55 bits per heavy atom. The van der Waals surface area contributed by atoms with Gasteiger partial charge in [-0.3, -0.25) is 4.99 Å². The van der Waals surface area contributed by atoms with Crippen LogP contribution in [0.5, 0.6) is 0 Å². The summed E-state index contributed by atoms with van der Waals surface area (Å²) in [4.78, 5) is 4.18. The van der Waals surface area contributed by atoms with Gasteiger partial charge in [-0.25, -0.2) is 8.42 Å². The van der Waals surface area contributed by atoms with Gasteiger partial charge in [0, 0.05) is 18.8 Å². The number of hydrogen-bond donors (Lipinski definition) is 0. The Morgan fingerprint density at radius 3 is 2.55 bits per heavy atom.